The van der Waals surface area contributed by atoms with Crippen molar-refractivity contribution in [3.05, 3.63) is 52.7 Å². The number of thiophene rings is 1. The molecule has 3 rings (SSSR count). The van der Waals surface area contributed by atoms with E-state index < -0.39 is 0 Å². The van der Waals surface area contributed by atoms with Gasteiger partial charge in [-0.25, -0.2) is 4.98 Å². The molecule has 0 saturated carbocycles. The smallest absolute Gasteiger partial charge is 0.187 e. The van der Waals surface area contributed by atoms with E-state index in [0.29, 0.717) is 5.56 Å². The number of nitrogens with zero attached hydrogens (tertiary/aromatic N) is 1. The first-order valence-electron chi connectivity index (χ1n) is 6.10. The Balaban J connectivity index is 1.76. The minimum atomic E-state index is 0.0748. The van der Waals surface area contributed by atoms with Gasteiger partial charge in [0, 0.05) is 16.6 Å². The topological polar surface area (TPSA) is 42.0 Å². The maximum absolute atomic E-state index is 11.2. The van der Waals surface area contributed by atoms with Crippen molar-refractivity contribution in [2.45, 2.75) is 6.92 Å². The predicted octanol–water partition coefficient (Wildman–Crippen LogP) is 4.82. The molecule has 3 nitrogen and oxygen atoms in total. The number of benzene rings is 1. The van der Waals surface area contributed by atoms with Crippen molar-refractivity contribution in [3.63, 3.8) is 0 Å². The Morgan fingerprint density at radius 1 is 1.15 bits per heavy atom. The molecule has 3 aromatic rings. The maximum Gasteiger partial charge on any atom is 0.187 e. The second kappa shape index (κ2) is 5.56. The lowest BCUT2D eigenvalue weighted by atomic mass is 10.1. The molecule has 0 unspecified atom stereocenters. The van der Waals surface area contributed by atoms with Crippen LogP contribution in [-0.2, 0) is 0 Å². The van der Waals surface area contributed by atoms with Gasteiger partial charge in [0.15, 0.2) is 10.9 Å². The Labute approximate surface area is 124 Å². The van der Waals surface area contributed by atoms with Crippen LogP contribution in [0, 0.1) is 0 Å². The summed E-state index contributed by atoms with van der Waals surface area (Å²) in [6, 6.07) is 11.5. The van der Waals surface area contributed by atoms with Gasteiger partial charge in [-0.05, 0) is 42.6 Å². The fraction of sp³-hybridized carbons (Fsp3) is 0.0667. The molecule has 1 aromatic carbocycles. The van der Waals surface area contributed by atoms with Crippen LogP contribution in [0.3, 0.4) is 0 Å². The van der Waals surface area contributed by atoms with E-state index in [1.165, 1.54) is 4.88 Å². The molecule has 0 aliphatic carbocycles. The van der Waals surface area contributed by atoms with Crippen LogP contribution in [0.2, 0.25) is 0 Å². The third-order valence-corrected chi connectivity index (χ3v) is 4.47. The molecule has 0 atom stereocenters. The highest BCUT2D eigenvalue weighted by molar-refractivity contribution is 7.16. The summed E-state index contributed by atoms with van der Waals surface area (Å²) in [5.74, 6) is 0.0748. The monoisotopic (exact) mass is 300 g/mol. The molecule has 20 heavy (non-hydrogen) atoms. The van der Waals surface area contributed by atoms with Crippen molar-refractivity contribution in [1.29, 1.82) is 0 Å². The van der Waals surface area contributed by atoms with Crippen LogP contribution in [0.1, 0.15) is 17.3 Å². The van der Waals surface area contributed by atoms with Crippen molar-refractivity contribution >= 4 is 39.3 Å². The van der Waals surface area contributed by atoms with Crippen molar-refractivity contribution in [2.24, 2.45) is 0 Å². The largest absolute Gasteiger partial charge is 0.332 e. The molecule has 0 bridgehead atoms. The van der Waals surface area contributed by atoms with Crippen LogP contribution in [0.25, 0.3) is 10.6 Å². The van der Waals surface area contributed by atoms with Crippen molar-refractivity contribution in [2.75, 3.05) is 5.32 Å². The molecule has 1 N–H and O–H groups in total. The number of carbonyl (C=O) groups excluding carboxylic acids is 1. The number of hydrogen-bond donors (Lipinski definition) is 1. The zero-order valence-corrected chi connectivity index (χ0v) is 12.4. The average Bonchev–Trinajstić information content (AvgIpc) is 3.09. The van der Waals surface area contributed by atoms with Gasteiger partial charge >= 0.3 is 0 Å². The van der Waals surface area contributed by atoms with Gasteiger partial charge in [-0.15, -0.1) is 22.7 Å². The first-order chi connectivity index (χ1) is 9.72. The van der Waals surface area contributed by atoms with Crippen molar-refractivity contribution in [3.8, 4) is 10.6 Å². The molecular formula is C15H12N2OS2. The van der Waals surface area contributed by atoms with E-state index >= 15 is 0 Å². The van der Waals surface area contributed by atoms with Crippen molar-refractivity contribution < 1.29 is 4.79 Å². The number of hydrogen-bond acceptors (Lipinski definition) is 5. The Bertz CT molecular complexity index is 715. The molecule has 0 radical (unpaired) electrons. The summed E-state index contributed by atoms with van der Waals surface area (Å²) < 4.78 is 0. The van der Waals surface area contributed by atoms with Crippen LogP contribution in [0.5, 0.6) is 0 Å². The number of anilines is 2. The summed E-state index contributed by atoms with van der Waals surface area (Å²) in [4.78, 5) is 16.9. The molecule has 5 heteroatoms. The molecule has 0 aliphatic heterocycles. The molecule has 0 fully saturated rings. The van der Waals surface area contributed by atoms with Gasteiger partial charge < -0.3 is 5.32 Å². The zero-order chi connectivity index (χ0) is 13.9. The molecule has 0 saturated heterocycles. The summed E-state index contributed by atoms with van der Waals surface area (Å²) in [6.07, 6.45) is 0. The Kier molecular flexibility index (Phi) is 3.62. The van der Waals surface area contributed by atoms with Gasteiger partial charge in [0.05, 0.1) is 10.6 Å². The van der Waals surface area contributed by atoms with Crippen LogP contribution >= 0.6 is 22.7 Å². The van der Waals surface area contributed by atoms with Crippen molar-refractivity contribution in [1.82, 2.24) is 4.98 Å². The predicted molar refractivity (Wildman–Crippen MR) is 85.2 cm³/mol. The van der Waals surface area contributed by atoms with Gasteiger partial charge in [-0.2, -0.15) is 0 Å². The summed E-state index contributed by atoms with van der Waals surface area (Å²) in [5.41, 5.74) is 2.64. The van der Waals surface area contributed by atoms with Gasteiger partial charge in [0.25, 0.3) is 0 Å². The average molecular weight is 300 g/mol. The first kappa shape index (κ1) is 13.0. The first-order valence-corrected chi connectivity index (χ1v) is 7.86. The van der Waals surface area contributed by atoms with E-state index in [2.05, 4.69) is 16.4 Å². The highest BCUT2D eigenvalue weighted by atomic mass is 32.1. The minimum absolute atomic E-state index is 0.0748. The minimum Gasteiger partial charge on any atom is -0.332 e. The number of rotatable bonds is 4. The molecule has 0 spiro atoms. The molecule has 0 aliphatic rings. The molecule has 0 amide bonds. The Morgan fingerprint density at radius 2 is 1.95 bits per heavy atom. The lowest BCUT2D eigenvalue weighted by Crippen LogP contribution is -1.93. The van der Waals surface area contributed by atoms with Gasteiger partial charge in [-0.1, -0.05) is 6.07 Å². The third kappa shape index (κ3) is 2.79. The third-order valence-electron chi connectivity index (χ3n) is 2.82. The van der Waals surface area contributed by atoms with Gasteiger partial charge in [0.2, 0.25) is 0 Å². The van der Waals surface area contributed by atoms with E-state index in [1.807, 2.05) is 41.1 Å². The van der Waals surface area contributed by atoms with E-state index in [1.54, 1.807) is 29.6 Å². The summed E-state index contributed by atoms with van der Waals surface area (Å²) >= 11 is 3.25. The van der Waals surface area contributed by atoms with Gasteiger partial charge in [0.1, 0.15) is 0 Å². The lowest BCUT2D eigenvalue weighted by molar-refractivity contribution is 0.101. The highest BCUT2D eigenvalue weighted by Gasteiger charge is 2.06. The van der Waals surface area contributed by atoms with E-state index in [-0.39, 0.29) is 5.78 Å². The Morgan fingerprint density at radius 3 is 2.60 bits per heavy atom. The summed E-state index contributed by atoms with van der Waals surface area (Å²) in [5, 5.41) is 8.19. The van der Waals surface area contributed by atoms with Crippen LogP contribution in [-0.4, -0.2) is 10.8 Å². The SMILES string of the molecule is CC(=O)c1ccc(Nc2nc(-c3cccs3)cs2)cc1. The van der Waals surface area contributed by atoms with Crippen LogP contribution < -0.4 is 5.32 Å². The normalized spacial score (nSPS) is 10.4. The maximum atomic E-state index is 11.2. The van der Waals surface area contributed by atoms with E-state index in [9.17, 15) is 4.79 Å². The summed E-state index contributed by atoms with van der Waals surface area (Å²) in [7, 11) is 0. The van der Waals surface area contributed by atoms with Crippen LogP contribution in [0.4, 0.5) is 10.8 Å². The second-order valence-corrected chi connectivity index (χ2v) is 6.08. The van der Waals surface area contributed by atoms with Gasteiger partial charge in [-0.3, -0.25) is 4.79 Å². The highest BCUT2D eigenvalue weighted by Crippen LogP contribution is 2.29. The second-order valence-electron chi connectivity index (χ2n) is 4.27. The molecule has 2 heterocycles. The zero-order valence-electron chi connectivity index (χ0n) is 10.8. The fourth-order valence-electron chi connectivity index (χ4n) is 1.78. The standard InChI is InChI=1S/C15H12N2OS2/c1-10(18)11-4-6-12(7-5-11)16-15-17-13(9-20-15)14-3-2-8-19-14/h2-9H,1H3,(H,16,17). The molecular weight excluding hydrogens is 288 g/mol. The lowest BCUT2D eigenvalue weighted by Gasteiger charge is -2.02. The molecule has 100 valence electrons. The number of Topliss-reactive ketones (excluding diaryl/α,β-unsaturated/α-hetero) is 1. The van der Waals surface area contributed by atoms with E-state index in [0.717, 1.165) is 16.5 Å². The quantitative estimate of drug-likeness (QED) is 0.702. The number of aromatic nitrogens is 1. The number of carbonyl (C=O) groups is 1. The number of nitrogens with one attached hydrogen (secondary N) is 1. The molecule has 2 aromatic heterocycles. The van der Waals surface area contributed by atoms with Crippen LogP contribution in [0.15, 0.2) is 47.2 Å². The number of thiazole rings is 1. The fourth-order valence-corrected chi connectivity index (χ4v) is 3.27. The Hall–Kier alpha value is -1.98. The number of ketones is 1. The van der Waals surface area contributed by atoms with E-state index in [4.69, 9.17) is 0 Å². The summed E-state index contributed by atoms with van der Waals surface area (Å²) in [6.45, 7) is 1.57.